The Morgan fingerprint density at radius 1 is 1.28 bits per heavy atom. The minimum atomic E-state index is 0.811. The molecule has 3 nitrogen and oxygen atoms in total. The lowest BCUT2D eigenvalue weighted by molar-refractivity contribution is 0.213. The SMILES string of the molecule is CN(CCCC1CCCNC1)CC1CCCN1C. The maximum atomic E-state index is 3.52. The summed E-state index contributed by atoms with van der Waals surface area (Å²) in [6.45, 7) is 6.34. The predicted octanol–water partition coefficient (Wildman–Crippen LogP) is 1.79. The third-order valence-corrected chi connectivity index (χ3v) is 4.75. The van der Waals surface area contributed by atoms with Gasteiger partial charge in [-0.25, -0.2) is 0 Å². The molecule has 2 fully saturated rings. The van der Waals surface area contributed by atoms with Crippen molar-refractivity contribution in [3.05, 3.63) is 0 Å². The number of nitrogens with one attached hydrogen (secondary N) is 1. The summed E-state index contributed by atoms with van der Waals surface area (Å²) in [6, 6.07) is 0.811. The van der Waals surface area contributed by atoms with Crippen molar-refractivity contribution in [1.29, 1.82) is 0 Å². The van der Waals surface area contributed by atoms with Crippen LogP contribution in [0.25, 0.3) is 0 Å². The average Bonchev–Trinajstić information content (AvgIpc) is 2.76. The van der Waals surface area contributed by atoms with Gasteiger partial charge in [-0.2, -0.15) is 0 Å². The van der Waals surface area contributed by atoms with E-state index in [2.05, 4.69) is 29.2 Å². The number of nitrogens with zero attached hydrogens (tertiary/aromatic N) is 2. The largest absolute Gasteiger partial charge is 0.316 e. The molecular weight excluding hydrogens is 222 g/mol. The first-order valence-corrected chi connectivity index (χ1v) is 7.85. The summed E-state index contributed by atoms with van der Waals surface area (Å²) in [6.07, 6.45) is 8.41. The van der Waals surface area contributed by atoms with Crippen LogP contribution in [0.3, 0.4) is 0 Å². The van der Waals surface area contributed by atoms with E-state index in [9.17, 15) is 0 Å². The molecule has 1 N–H and O–H groups in total. The molecule has 2 aliphatic heterocycles. The maximum Gasteiger partial charge on any atom is 0.0220 e. The normalized spacial score (nSPS) is 30.2. The van der Waals surface area contributed by atoms with E-state index in [0.29, 0.717) is 0 Å². The molecule has 2 aliphatic rings. The highest BCUT2D eigenvalue weighted by molar-refractivity contribution is 4.79. The number of piperidine rings is 1. The molecule has 18 heavy (non-hydrogen) atoms. The fraction of sp³-hybridized carbons (Fsp3) is 1.00. The zero-order valence-electron chi connectivity index (χ0n) is 12.3. The van der Waals surface area contributed by atoms with E-state index < -0.39 is 0 Å². The molecule has 2 saturated heterocycles. The molecule has 0 bridgehead atoms. The molecule has 0 saturated carbocycles. The van der Waals surface area contributed by atoms with Crippen LogP contribution in [0.15, 0.2) is 0 Å². The van der Waals surface area contributed by atoms with Crippen LogP contribution >= 0.6 is 0 Å². The molecule has 0 amide bonds. The summed E-state index contributed by atoms with van der Waals surface area (Å²) in [5.41, 5.74) is 0. The standard InChI is InChI=1S/C15H31N3/c1-17(13-15-8-5-11-18(15)2)10-4-7-14-6-3-9-16-12-14/h14-16H,3-13H2,1-2H3. The average molecular weight is 253 g/mol. The molecule has 0 aliphatic carbocycles. The highest BCUT2D eigenvalue weighted by Crippen LogP contribution is 2.17. The summed E-state index contributed by atoms with van der Waals surface area (Å²) in [4.78, 5) is 5.07. The minimum Gasteiger partial charge on any atom is -0.316 e. The van der Waals surface area contributed by atoms with Crippen molar-refractivity contribution in [3.63, 3.8) is 0 Å². The van der Waals surface area contributed by atoms with Gasteiger partial charge >= 0.3 is 0 Å². The van der Waals surface area contributed by atoms with Gasteiger partial charge in [0.1, 0.15) is 0 Å². The Morgan fingerprint density at radius 2 is 2.17 bits per heavy atom. The smallest absolute Gasteiger partial charge is 0.0220 e. The van der Waals surface area contributed by atoms with Crippen molar-refractivity contribution in [1.82, 2.24) is 15.1 Å². The van der Waals surface area contributed by atoms with Crippen LogP contribution in [0.5, 0.6) is 0 Å². The lowest BCUT2D eigenvalue weighted by atomic mass is 9.94. The topological polar surface area (TPSA) is 18.5 Å². The van der Waals surface area contributed by atoms with Crippen molar-refractivity contribution in [2.45, 2.75) is 44.6 Å². The van der Waals surface area contributed by atoms with Crippen LogP contribution in [-0.2, 0) is 0 Å². The van der Waals surface area contributed by atoms with E-state index in [1.54, 1.807) is 0 Å². The van der Waals surface area contributed by atoms with Gasteiger partial charge in [-0.1, -0.05) is 0 Å². The summed E-state index contributed by atoms with van der Waals surface area (Å²) in [5, 5.41) is 3.52. The van der Waals surface area contributed by atoms with Gasteiger partial charge in [0, 0.05) is 12.6 Å². The van der Waals surface area contributed by atoms with E-state index in [0.717, 1.165) is 12.0 Å². The summed E-state index contributed by atoms with van der Waals surface area (Å²) in [7, 11) is 4.57. The summed E-state index contributed by atoms with van der Waals surface area (Å²) in [5.74, 6) is 0.946. The lowest BCUT2D eigenvalue weighted by Gasteiger charge is -2.27. The first-order chi connectivity index (χ1) is 8.75. The van der Waals surface area contributed by atoms with Gasteiger partial charge < -0.3 is 15.1 Å². The van der Waals surface area contributed by atoms with E-state index >= 15 is 0 Å². The van der Waals surface area contributed by atoms with Crippen molar-refractivity contribution in [2.24, 2.45) is 5.92 Å². The first-order valence-electron chi connectivity index (χ1n) is 7.85. The third kappa shape index (κ3) is 4.52. The van der Waals surface area contributed by atoms with Gasteiger partial charge in [0.25, 0.3) is 0 Å². The second-order valence-electron chi connectivity index (χ2n) is 6.39. The molecule has 2 heterocycles. The summed E-state index contributed by atoms with van der Waals surface area (Å²) >= 11 is 0. The Bertz CT molecular complexity index is 226. The van der Waals surface area contributed by atoms with Crippen LogP contribution in [0, 0.1) is 5.92 Å². The molecule has 0 aromatic carbocycles. The predicted molar refractivity (Wildman–Crippen MR) is 78.0 cm³/mol. The Balaban J connectivity index is 1.55. The molecule has 0 aromatic rings. The van der Waals surface area contributed by atoms with E-state index in [1.807, 2.05) is 0 Å². The van der Waals surface area contributed by atoms with Crippen LogP contribution in [-0.4, -0.2) is 62.7 Å². The summed E-state index contributed by atoms with van der Waals surface area (Å²) < 4.78 is 0. The molecule has 0 radical (unpaired) electrons. The van der Waals surface area contributed by atoms with Crippen molar-refractivity contribution < 1.29 is 0 Å². The molecule has 2 atom stereocenters. The van der Waals surface area contributed by atoms with E-state index in [1.165, 1.54) is 71.2 Å². The van der Waals surface area contributed by atoms with Crippen LogP contribution < -0.4 is 5.32 Å². The fourth-order valence-corrected chi connectivity index (χ4v) is 3.48. The van der Waals surface area contributed by atoms with Gasteiger partial charge in [0.2, 0.25) is 0 Å². The van der Waals surface area contributed by atoms with Gasteiger partial charge in [0.15, 0.2) is 0 Å². The second kappa shape index (κ2) is 7.46. The van der Waals surface area contributed by atoms with Crippen LogP contribution in [0.4, 0.5) is 0 Å². The quantitative estimate of drug-likeness (QED) is 0.778. The molecule has 2 rings (SSSR count). The second-order valence-corrected chi connectivity index (χ2v) is 6.39. The fourth-order valence-electron chi connectivity index (χ4n) is 3.48. The Kier molecular flexibility index (Phi) is 5.93. The van der Waals surface area contributed by atoms with Crippen LogP contribution in [0.1, 0.15) is 38.5 Å². The maximum absolute atomic E-state index is 3.52. The van der Waals surface area contributed by atoms with Crippen LogP contribution in [0.2, 0.25) is 0 Å². The number of hydrogen-bond acceptors (Lipinski definition) is 3. The monoisotopic (exact) mass is 253 g/mol. The zero-order chi connectivity index (χ0) is 12.8. The number of rotatable bonds is 6. The Hall–Kier alpha value is -0.120. The highest BCUT2D eigenvalue weighted by atomic mass is 15.2. The first kappa shape index (κ1) is 14.3. The molecule has 106 valence electrons. The Morgan fingerprint density at radius 3 is 2.83 bits per heavy atom. The van der Waals surface area contributed by atoms with Crippen molar-refractivity contribution in [2.75, 3.05) is 46.8 Å². The highest BCUT2D eigenvalue weighted by Gasteiger charge is 2.21. The zero-order valence-corrected chi connectivity index (χ0v) is 12.3. The van der Waals surface area contributed by atoms with Crippen molar-refractivity contribution >= 4 is 0 Å². The molecule has 3 heteroatoms. The lowest BCUT2D eigenvalue weighted by Crippen LogP contribution is -2.37. The van der Waals surface area contributed by atoms with Gasteiger partial charge in [-0.15, -0.1) is 0 Å². The van der Waals surface area contributed by atoms with Crippen molar-refractivity contribution in [3.8, 4) is 0 Å². The molecule has 0 spiro atoms. The minimum absolute atomic E-state index is 0.811. The number of hydrogen-bond donors (Lipinski definition) is 1. The van der Waals surface area contributed by atoms with E-state index in [4.69, 9.17) is 0 Å². The molecule has 2 unspecified atom stereocenters. The van der Waals surface area contributed by atoms with E-state index in [-0.39, 0.29) is 0 Å². The Labute approximate surface area is 113 Å². The number of likely N-dealkylation sites (tertiary alicyclic amines) is 1. The van der Waals surface area contributed by atoms with Gasteiger partial charge in [-0.05, 0) is 84.7 Å². The van der Waals surface area contributed by atoms with Gasteiger partial charge in [0.05, 0.1) is 0 Å². The molecular formula is C15H31N3. The number of likely N-dealkylation sites (N-methyl/N-ethyl adjacent to an activating group) is 2. The molecule has 0 aromatic heterocycles. The van der Waals surface area contributed by atoms with Gasteiger partial charge in [-0.3, -0.25) is 0 Å². The third-order valence-electron chi connectivity index (χ3n) is 4.75.